The van der Waals surface area contributed by atoms with Crippen LogP contribution in [0.5, 0.6) is 0 Å². The zero-order valence-corrected chi connectivity index (χ0v) is 18.0. The number of anilines is 1. The van der Waals surface area contributed by atoms with E-state index in [2.05, 4.69) is 20.5 Å². The number of carbonyl (C=O) groups excluding carboxylic acids is 1. The number of amides is 1. The third kappa shape index (κ3) is 3.65. The van der Waals surface area contributed by atoms with Crippen molar-refractivity contribution < 1.29 is 4.79 Å². The maximum Gasteiger partial charge on any atom is 0.255 e. The molecule has 0 fully saturated rings. The standard InChI is InChI=1S/C27H18N6O/c34-27(21-9-8-18-5-1-2-6-20(18)17-21)29-22-12-10-19(11-13-22)23-14-15-25-30-31-26(33(25)32-23)24-7-3-4-16-28-24/h1-17H,(H,29,34). The summed E-state index contributed by atoms with van der Waals surface area (Å²) in [6.07, 6.45) is 1.71. The molecule has 0 spiro atoms. The van der Waals surface area contributed by atoms with Crippen LogP contribution in [0.2, 0.25) is 0 Å². The highest BCUT2D eigenvalue weighted by molar-refractivity contribution is 6.06. The maximum atomic E-state index is 12.8. The molecule has 0 saturated heterocycles. The Balaban J connectivity index is 1.25. The minimum absolute atomic E-state index is 0.150. The summed E-state index contributed by atoms with van der Waals surface area (Å²) in [5.74, 6) is 0.430. The van der Waals surface area contributed by atoms with Gasteiger partial charge in [0.1, 0.15) is 5.69 Å². The number of hydrogen-bond donors (Lipinski definition) is 1. The van der Waals surface area contributed by atoms with Gasteiger partial charge >= 0.3 is 0 Å². The molecule has 34 heavy (non-hydrogen) atoms. The van der Waals surface area contributed by atoms with E-state index in [0.717, 1.165) is 22.0 Å². The smallest absolute Gasteiger partial charge is 0.255 e. The van der Waals surface area contributed by atoms with Crippen LogP contribution in [0.15, 0.2) is 103 Å². The van der Waals surface area contributed by atoms with E-state index < -0.39 is 0 Å². The largest absolute Gasteiger partial charge is 0.322 e. The first kappa shape index (κ1) is 19.8. The number of nitrogens with zero attached hydrogens (tertiary/aromatic N) is 5. The van der Waals surface area contributed by atoms with E-state index in [0.29, 0.717) is 28.4 Å². The van der Waals surface area contributed by atoms with Crippen LogP contribution in [0.25, 0.3) is 39.2 Å². The van der Waals surface area contributed by atoms with Gasteiger partial charge in [-0.2, -0.15) is 9.61 Å². The fourth-order valence-corrected chi connectivity index (χ4v) is 3.86. The summed E-state index contributed by atoms with van der Waals surface area (Å²) in [5, 5.41) is 18.2. The van der Waals surface area contributed by atoms with Crippen molar-refractivity contribution in [1.82, 2.24) is 24.8 Å². The first-order chi connectivity index (χ1) is 16.7. The number of hydrogen-bond acceptors (Lipinski definition) is 5. The molecule has 3 aromatic carbocycles. The van der Waals surface area contributed by atoms with Crippen LogP contribution < -0.4 is 5.32 Å². The van der Waals surface area contributed by atoms with Gasteiger partial charge in [0.05, 0.1) is 5.69 Å². The number of nitrogens with one attached hydrogen (secondary N) is 1. The summed E-state index contributed by atoms with van der Waals surface area (Å²) in [5.41, 5.74) is 4.34. The zero-order chi connectivity index (χ0) is 22.9. The third-order valence-corrected chi connectivity index (χ3v) is 5.61. The van der Waals surface area contributed by atoms with Gasteiger partial charge in [-0.3, -0.25) is 9.78 Å². The summed E-state index contributed by atoms with van der Waals surface area (Å²) in [6.45, 7) is 0. The summed E-state index contributed by atoms with van der Waals surface area (Å²) in [7, 11) is 0. The van der Waals surface area contributed by atoms with Gasteiger partial charge in [-0.1, -0.05) is 48.5 Å². The molecule has 0 bridgehead atoms. The lowest BCUT2D eigenvalue weighted by molar-refractivity contribution is 0.102. The molecule has 3 aromatic heterocycles. The Morgan fingerprint density at radius 1 is 0.735 bits per heavy atom. The van der Waals surface area contributed by atoms with Crippen LogP contribution in [-0.2, 0) is 0 Å². The molecule has 0 aliphatic rings. The minimum Gasteiger partial charge on any atom is -0.322 e. The number of rotatable bonds is 4. The average Bonchev–Trinajstić information content (AvgIpc) is 3.33. The Labute approximate surface area is 194 Å². The van der Waals surface area contributed by atoms with Crippen LogP contribution in [0.1, 0.15) is 10.4 Å². The van der Waals surface area contributed by atoms with Crippen molar-refractivity contribution in [3.05, 3.63) is 109 Å². The highest BCUT2D eigenvalue weighted by Crippen LogP contribution is 2.23. The summed E-state index contributed by atoms with van der Waals surface area (Å²) in [4.78, 5) is 17.1. The molecule has 7 nitrogen and oxygen atoms in total. The molecule has 0 aliphatic carbocycles. The van der Waals surface area contributed by atoms with Gasteiger partial charge in [-0.15, -0.1) is 10.2 Å². The number of benzene rings is 3. The van der Waals surface area contributed by atoms with Crippen molar-refractivity contribution >= 4 is 28.0 Å². The second-order valence-corrected chi connectivity index (χ2v) is 7.82. The van der Waals surface area contributed by atoms with Crippen molar-refractivity contribution in [2.75, 3.05) is 5.32 Å². The number of pyridine rings is 1. The van der Waals surface area contributed by atoms with E-state index in [9.17, 15) is 4.79 Å². The third-order valence-electron chi connectivity index (χ3n) is 5.61. The van der Waals surface area contributed by atoms with E-state index >= 15 is 0 Å². The number of aromatic nitrogens is 5. The molecule has 3 heterocycles. The minimum atomic E-state index is -0.150. The second kappa shape index (κ2) is 8.22. The van der Waals surface area contributed by atoms with E-state index in [1.807, 2.05) is 97.1 Å². The predicted octanol–water partition coefficient (Wildman–Crippen LogP) is 5.26. The number of carbonyl (C=O) groups is 1. The predicted molar refractivity (Wildman–Crippen MR) is 131 cm³/mol. The van der Waals surface area contributed by atoms with Gasteiger partial charge in [0.25, 0.3) is 5.91 Å². The second-order valence-electron chi connectivity index (χ2n) is 7.82. The lowest BCUT2D eigenvalue weighted by atomic mass is 10.1. The van der Waals surface area contributed by atoms with Gasteiger partial charge in [0, 0.05) is 23.0 Å². The van der Waals surface area contributed by atoms with E-state index in [1.165, 1.54) is 0 Å². The lowest BCUT2D eigenvalue weighted by Gasteiger charge is -2.08. The molecule has 6 rings (SSSR count). The zero-order valence-electron chi connectivity index (χ0n) is 18.0. The van der Waals surface area contributed by atoms with E-state index in [4.69, 9.17) is 5.10 Å². The Bertz CT molecular complexity index is 1640. The molecule has 0 unspecified atom stereocenters. The molecule has 162 valence electrons. The molecule has 6 aromatic rings. The fourth-order valence-electron chi connectivity index (χ4n) is 3.86. The summed E-state index contributed by atoms with van der Waals surface area (Å²) < 4.78 is 1.69. The quantitative estimate of drug-likeness (QED) is 0.403. The average molecular weight is 442 g/mol. The molecule has 0 radical (unpaired) electrons. The van der Waals surface area contributed by atoms with Crippen LogP contribution >= 0.6 is 0 Å². The van der Waals surface area contributed by atoms with Crippen LogP contribution in [-0.4, -0.2) is 30.7 Å². The van der Waals surface area contributed by atoms with Gasteiger partial charge in [0.15, 0.2) is 5.65 Å². The Morgan fingerprint density at radius 3 is 2.38 bits per heavy atom. The monoisotopic (exact) mass is 442 g/mol. The van der Waals surface area contributed by atoms with Crippen LogP contribution in [0.3, 0.4) is 0 Å². The summed E-state index contributed by atoms with van der Waals surface area (Å²) >= 11 is 0. The van der Waals surface area contributed by atoms with Crippen molar-refractivity contribution in [2.45, 2.75) is 0 Å². The van der Waals surface area contributed by atoms with Crippen molar-refractivity contribution in [1.29, 1.82) is 0 Å². The highest BCUT2D eigenvalue weighted by Gasteiger charge is 2.12. The molecule has 7 heteroatoms. The van der Waals surface area contributed by atoms with Gasteiger partial charge in [-0.05, 0) is 59.3 Å². The molecule has 0 saturated carbocycles. The van der Waals surface area contributed by atoms with E-state index in [1.54, 1.807) is 10.7 Å². The first-order valence-electron chi connectivity index (χ1n) is 10.8. The molecule has 0 aliphatic heterocycles. The normalized spacial score (nSPS) is 11.1. The van der Waals surface area contributed by atoms with Crippen LogP contribution in [0, 0.1) is 0 Å². The number of fused-ring (bicyclic) bond motifs is 2. The van der Waals surface area contributed by atoms with E-state index in [-0.39, 0.29) is 5.91 Å². The summed E-state index contributed by atoms with van der Waals surface area (Å²) in [6, 6.07) is 30.7. The fraction of sp³-hybridized carbons (Fsp3) is 0. The van der Waals surface area contributed by atoms with Gasteiger partial charge < -0.3 is 5.32 Å². The first-order valence-corrected chi connectivity index (χ1v) is 10.8. The molecule has 1 N–H and O–H groups in total. The topological polar surface area (TPSA) is 85.1 Å². The van der Waals surface area contributed by atoms with Crippen molar-refractivity contribution in [3.63, 3.8) is 0 Å². The van der Waals surface area contributed by atoms with Crippen molar-refractivity contribution in [2.24, 2.45) is 0 Å². The Kier molecular flexibility index (Phi) is 4.77. The highest BCUT2D eigenvalue weighted by atomic mass is 16.1. The maximum absolute atomic E-state index is 12.8. The molecular formula is C27H18N6O. The Hall–Kier alpha value is -4.91. The molecule has 0 atom stereocenters. The van der Waals surface area contributed by atoms with Gasteiger partial charge in [0.2, 0.25) is 5.82 Å². The van der Waals surface area contributed by atoms with Crippen molar-refractivity contribution in [3.8, 4) is 22.8 Å². The van der Waals surface area contributed by atoms with Crippen LogP contribution in [0.4, 0.5) is 5.69 Å². The SMILES string of the molecule is O=C(Nc1ccc(-c2ccc3nnc(-c4ccccn4)n3n2)cc1)c1ccc2ccccc2c1. The molecule has 1 amide bonds. The molecular weight excluding hydrogens is 424 g/mol. The van der Waals surface area contributed by atoms with Gasteiger partial charge in [-0.25, -0.2) is 0 Å². The Morgan fingerprint density at radius 2 is 1.56 bits per heavy atom. The lowest BCUT2D eigenvalue weighted by Crippen LogP contribution is -2.11.